The molecule has 1 aliphatic rings. The minimum Gasteiger partial charge on any atom is -0.479 e. The van der Waals surface area contributed by atoms with E-state index in [-0.39, 0.29) is 5.91 Å². The molecule has 1 aliphatic carbocycles. The van der Waals surface area contributed by atoms with Gasteiger partial charge in [0.05, 0.1) is 18.5 Å². The van der Waals surface area contributed by atoms with E-state index in [9.17, 15) is 4.79 Å². The summed E-state index contributed by atoms with van der Waals surface area (Å²) in [6, 6.07) is 4.32. The Morgan fingerprint density at radius 3 is 2.69 bits per heavy atom. The van der Waals surface area contributed by atoms with E-state index < -0.39 is 0 Å². The molecule has 170 valence electrons. The topological polar surface area (TPSA) is 74.3 Å². The van der Waals surface area contributed by atoms with Crippen LogP contribution in [0.4, 0.5) is 0 Å². The molecule has 0 atom stereocenters. The lowest BCUT2D eigenvalue weighted by molar-refractivity contribution is 0.0897. The van der Waals surface area contributed by atoms with E-state index in [0.29, 0.717) is 24.8 Å². The Labute approximate surface area is 189 Å². The standard InChI is InChI=1S/C25H33N5O2/c1-16-13-14-30(21(15-16)27-19-9-7-6-8-10-19)22(31)12-11-20-17(2)23-24(26-18(20)3)29(4)28-25(23)32-5/h13-15,19H,6-12H2,1-5H3. The smallest absolute Gasteiger partial charge is 0.242 e. The number of ether oxygens (including phenoxy) is 1. The first-order valence-corrected chi connectivity index (χ1v) is 11.5. The van der Waals surface area contributed by atoms with Gasteiger partial charge in [-0.1, -0.05) is 19.3 Å². The van der Waals surface area contributed by atoms with Gasteiger partial charge in [-0.3, -0.25) is 14.4 Å². The summed E-state index contributed by atoms with van der Waals surface area (Å²) in [6.45, 7) is 6.10. The molecule has 1 saturated carbocycles. The summed E-state index contributed by atoms with van der Waals surface area (Å²) in [5.41, 5.74) is 5.77. The maximum absolute atomic E-state index is 13.2. The number of hydrogen-bond acceptors (Lipinski definition) is 5. The molecule has 1 fully saturated rings. The third-order valence-corrected chi connectivity index (χ3v) is 6.55. The largest absolute Gasteiger partial charge is 0.479 e. The maximum atomic E-state index is 13.2. The van der Waals surface area contributed by atoms with Crippen molar-refractivity contribution in [2.45, 2.75) is 71.8 Å². The van der Waals surface area contributed by atoms with Crippen LogP contribution < -0.4 is 10.2 Å². The van der Waals surface area contributed by atoms with E-state index in [1.54, 1.807) is 16.4 Å². The van der Waals surface area contributed by atoms with Gasteiger partial charge in [0.25, 0.3) is 0 Å². The van der Waals surface area contributed by atoms with Crippen LogP contribution in [-0.4, -0.2) is 38.4 Å². The molecule has 0 saturated heterocycles. The highest BCUT2D eigenvalue weighted by atomic mass is 16.5. The summed E-state index contributed by atoms with van der Waals surface area (Å²) < 4.78 is 8.93. The lowest BCUT2D eigenvalue weighted by Crippen LogP contribution is -2.29. The van der Waals surface area contributed by atoms with Gasteiger partial charge >= 0.3 is 0 Å². The second-order valence-electron chi connectivity index (χ2n) is 8.88. The third-order valence-electron chi connectivity index (χ3n) is 6.55. The van der Waals surface area contributed by atoms with Crippen LogP contribution in [-0.2, 0) is 13.5 Å². The SMILES string of the molecule is COc1nn(C)c2nc(C)c(CCC(=O)n3ccc(C)cc3=NC3CCCCC3)c(C)c12. The Morgan fingerprint density at radius 2 is 1.97 bits per heavy atom. The Kier molecular flexibility index (Phi) is 6.44. The summed E-state index contributed by atoms with van der Waals surface area (Å²) in [4.78, 5) is 23.0. The summed E-state index contributed by atoms with van der Waals surface area (Å²) in [5.74, 6) is 0.623. The van der Waals surface area contributed by atoms with Crippen LogP contribution in [0.2, 0.25) is 0 Å². The molecule has 0 unspecified atom stereocenters. The van der Waals surface area contributed by atoms with Crippen molar-refractivity contribution in [3.05, 3.63) is 46.2 Å². The van der Waals surface area contributed by atoms with Gasteiger partial charge in [0.15, 0.2) is 5.65 Å². The van der Waals surface area contributed by atoms with Crippen LogP contribution in [0.3, 0.4) is 0 Å². The van der Waals surface area contributed by atoms with Crippen molar-refractivity contribution < 1.29 is 9.53 Å². The molecule has 0 bridgehead atoms. The fourth-order valence-corrected chi connectivity index (χ4v) is 4.76. The molecule has 3 aromatic rings. The predicted octanol–water partition coefficient (Wildman–Crippen LogP) is 4.21. The number of nitrogens with zero attached hydrogens (tertiary/aromatic N) is 5. The number of carbonyl (C=O) groups is 1. The van der Waals surface area contributed by atoms with E-state index in [1.165, 1.54) is 19.3 Å². The van der Waals surface area contributed by atoms with Crippen LogP contribution in [0, 0.1) is 20.8 Å². The summed E-state index contributed by atoms with van der Waals surface area (Å²) in [7, 11) is 3.49. The molecule has 3 aromatic heterocycles. The van der Waals surface area contributed by atoms with Gasteiger partial charge < -0.3 is 4.74 Å². The van der Waals surface area contributed by atoms with E-state index in [4.69, 9.17) is 14.7 Å². The van der Waals surface area contributed by atoms with Gasteiger partial charge in [0.2, 0.25) is 11.8 Å². The van der Waals surface area contributed by atoms with E-state index >= 15 is 0 Å². The number of fused-ring (bicyclic) bond motifs is 1. The molecule has 0 amide bonds. The molecule has 0 radical (unpaired) electrons. The number of hydrogen-bond donors (Lipinski definition) is 0. The first-order chi connectivity index (χ1) is 15.4. The van der Waals surface area contributed by atoms with Crippen LogP contribution in [0.5, 0.6) is 5.88 Å². The fourth-order valence-electron chi connectivity index (χ4n) is 4.76. The lowest BCUT2D eigenvalue weighted by atomic mass is 9.96. The Balaban J connectivity index is 1.62. The zero-order valence-electron chi connectivity index (χ0n) is 19.8. The minimum atomic E-state index is 0.0524. The molecule has 7 nitrogen and oxygen atoms in total. The van der Waals surface area contributed by atoms with Crippen molar-refractivity contribution in [2.24, 2.45) is 12.0 Å². The molecule has 0 N–H and O–H groups in total. The zero-order chi connectivity index (χ0) is 22.8. The highest BCUT2D eigenvalue weighted by Crippen LogP contribution is 2.30. The van der Waals surface area contributed by atoms with Crippen LogP contribution in [0.15, 0.2) is 23.3 Å². The van der Waals surface area contributed by atoms with E-state index in [2.05, 4.69) is 12.0 Å². The monoisotopic (exact) mass is 435 g/mol. The number of rotatable bonds is 5. The van der Waals surface area contributed by atoms with Gasteiger partial charge in [-0.25, -0.2) is 9.67 Å². The number of methoxy groups -OCH3 is 1. The normalized spacial score (nSPS) is 15.5. The highest BCUT2D eigenvalue weighted by molar-refractivity contribution is 5.86. The molecule has 4 rings (SSSR count). The second kappa shape index (κ2) is 9.27. The third kappa shape index (κ3) is 4.33. The van der Waals surface area contributed by atoms with Gasteiger partial charge in [-0.2, -0.15) is 0 Å². The van der Waals surface area contributed by atoms with Gasteiger partial charge in [-0.05, 0) is 68.9 Å². The minimum absolute atomic E-state index is 0.0524. The van der Waals surface area contributed by atoms with Gasteiger partial charge in [0, 0.05) is 25.4 Å². The van der Waals surface area contributed by atoms with E-state index in [0.717, 1.165) is 51.7 Å². The molecule has 7 heteroatoms. The Hall–Kier alpha value is -2.96. The fraction of sp³-hybridized carbons (Fsp3) is 0.520. The molecular weight excluding hydrogens is 402 g/mol. The average molecular weight is 436 g/mol. The van der Waals surface area contributed by atoms with Crippen LogP contribution >= 0.6 is 0 Å². The molecule has 0 aliphatic heterocycles. The van der Waals surface area contributed by atoms with Gasteiger partial charge in [-0.15, -0.1) is 5.10 Å². The van der Waals surface area contributed by atoms with Crippen molar-refractivity contribution >= 4 is 16.9 Å². The Morgan fingerprint density at radius 1 is 1.22 bits per heavy atom. The van der Waals surface area contributed by atoms with Crippen molar-refractivity contribution in [2.75, 3.05) is 7.11 Å². The molecule has 32 heavy (non-hydrogen) atoms. The maximum Gasteiger partial charge on any atom is 0.242 e. The second-order valence-corrected chi connectivity index (χ2v) is 8.88. The number of aromatic nitrogens is 4. The number of aryl methyl sites for hydroxylation is 4. The van der Waals surface area contributed by atoms with Crippen molar-refractivity contribution in [3.8, 4) is 5.88 Å². The van der Waals surface area contributed by atoms with Crippen molar-refractivity contribution in [1.82, 2.24) is 19.3 Å². The Bertz CT molecular complexity index is 1220. The highest BCUT2D eigenvalue weighted by Gasteiger charge is 2.19. The predicted molar refractivity (Wildman–Crippen MR) is 125 cm³/mol. The summed E-state index contributed by atoms with van der Waals surface area (Å²) >= 11 is 0. The van der Waals surface area contributed by atoms with E-state index in [1.807, 2.05) is 39.2 Å². The van der Waals surface area contributed by atoms with Crippen molar-refractivity contribution in [1.29, 1.82) is 0 Å². The molecule has 3 heterocycles. The quantitative estimate of drug-likeness (QED) is 0.602. The molecular formula is C25H33N5O2. The summed E-state index contributed by atoms with van der Waals surface area (Å²) in [5, 5.41) is 5.33. The summed E-state index contributed by atoms with van der Waals surface area (Å²) in [6.07, 6.45) is 8.82. The average Bonchev–Trinajstić information content (AvgIpc) is 3.10. The number of carbonyl (C=O) groups excluding carboxylic acids is 1. The number of pyridine rings is 2. The lowest BCUT2D eigenvalue weighted by Gasteiger charge is -2.18. The van der Waals surface area contributed by atoms with Crippen LogP contribution in [0.1, 0.15) is 65.7 Å². The first-order valence-electron chi connectivity index (χ1n) is 11.5. The van der Waals surface area contributed by atoms with Crippen molar-refractivity contribution in [3.63, 3.8) is 0 Å². The molecule has 0 spiro atoms. The molecule has 0 aromatic carbocycles. The van der Waals surface area contributed by atoms with Gasteiger partial charge in [0.1, 0.15) is 5.49 Å². The van der Waals surface area contributed by atoms with Crippen LogP contribution in [0.25, 0.3) is 11.0 Å². The first kappa shape index (κ1) is 22.2. The zero-order valence-corrected chi connectivity index (χ0v) is 19.8.